The fourth-order valence-corrected chi connectivity index (χ4v) is 10.5. The Hall–Kier alpha value is -6.77. The highest BCUT2D eigenvalue weighted by molar-refractivity contribution is 6.00. The van der Waals surface area contributed by atoms with Gasteiger partial charge in [0.25, 0.3) is 0 Å². The van der Waals surface area contributed by atoms with Crippen LogP contribution in [0.2, 0.25) is 0 Å². The molecule has 0 bridgehead atoms. The molecule has 1 fully saturated rings. The predicted octanol–water partition coefficient (Wildman–Crippen LogP) is 15.7. The molecule has 8 aromatic carbocycles. The molecule has 0 radical (unpaired) electrons. The number of rotatable bonds is 9. The maximum absolute atomic E-state index is 5.52. The van der Waals surface area contributed by atoms with Crippen LogP contribution in [0.25, 0.3) is 55.3 Å². The first-order valence-corrected chi connectivity index (χ1v) is 22.5. The lowest BCUT2D eigenvalue weighted by molar-refractivity contribution is 0.339. The molecule has 0 heterocycles. The van der Waals surface area contributed by atoms with Crippen LogP contribution in [0.5, 0.6) is 0 Å². The number of benzene rings is 8. The molecule has 0 amide bonds. The van der Waals surface area contributed by atoms with E-state index >= 15 is 0 Å². The van der Waals surface area contributed by atoms with E-state index in [2.05, 4.69) is 214 Å². The molecule has 1 spiro atoms. The molecule has 2 heteroatoms. The van der Waals surface area contributed by atoms with Gasteiger partial charge in [0, 0.05) is 11.0 Å². The number of hydrogen-bond donors (Lipinski definition) is 1. The second-order valence-corrected chi connectivity index (χ2v) is 17.5. The second kappa shape index (κ2) is 16.6. The van der Waals surface area contributed by atoms with Crippen LogP contribution in [0.3, 0.4) is 0 Å². The molecular formula is C60H54N2. The zero-order chi connectivity index (χ0) is 42.2. The Morgan fingerprint density at radius 1 is 0.613 bits per heavy atom. The van der Waals surface area contributed by atoms with Crippen molar-refractivity contribution in [3.8, 4) is 44.5 Å². The van der Waals surface area contributed by atoms with Gasteiger partial charge in [0.2, 0.25) is 0 Å². The Kier molecular flexibility index (Phi) is 10.5. The number of nitrogens with zero attached hydrogens (tertiary/aromatic N) is 1. The van der Waals surface area contributed by atoms with Crippen LogP contribution >= 0.6 is 0 Å². The molecule has 1 saturated carbocycles. The van der Waals surface area contributed by atoms with Gasteiger partial charge in [-0.2, -0.15) is 0 Å². The van der Waals surface area contributed by atoms with E-state index in [-0.39, 0.29) is 17.5 Å². The van der Waals surface area contributed by atoms with Gasteiger partial charge < -0.3 is 5.32 Å². The molecule has 62 heavy (non-hydrogen) atoms. The third-order valence-electron chi connectivity index (χ3n) is 13.9. The van der Waals surface area contributed by atoms with Crippen molar-refractivity contribution in [2.24, 2.45) is 10.9 Å². The van der Waals surface area contributed by atoms with Gasteiger partial charge in [-0.1, -0.05) is 201 Å². The minimum absolute atomic E-state index is 0.0792. The molecule has 1 N–H and O–H groups in total. The number of amidine groups is 1. The zero-order valence-corrected chi connectivity index (χ0v) is 36.1. The van der Waals surface area contributed by atoms with Crippen molar-refractivity contribution in [2.45, 2.75) is 64.0 Å². The molecule has 10 rings (SSSR count). The molecule has 4 unspecified atom stereocenters. The maximum Gasteiger partial charge on any atom is 0.129 e. The molecule has 2 aliphatic rings. The van der Waals surface area contributed by atoms with E-state index in [0.717, 1.165) is 24.2 Å². The van der Waals surface area contributed by atoms with Crippen LogP contribution in [0.15, 0.2) is 205 Å². The third-order valence-corrected chi connectivity index (χ3v) is 13.9. The summed E-state index contributed by atoms with van der Waals surface area (Å²) in [5.74, 6) is 1.56. The molecule has 0 aromatic heterocycles. The smallest absolute Gasteiger partial charge is 0.129 e. The number of nitrogens with one attached hydrogen (secondary N) is 1. The van der Waals surface area contributed by atoms with E-state index in [9.17, 15) is 0 Å². The summed E-state index contributed by atoms with van der Waals surface area (Å²) in [5.41, 5.74) is 17.6. The lowest BCUT2D eigenvalue weighted by Crippen LogP contribution is -2.34. The monoisotopic (exact) mass is 802 g/mol. The molecule has 0 aliphatic heterocycles. The average molecular weight is 803 g/mol. The Balaban J connectivity index is 1.09. The Morgan fingerprint density at radius 3 is 1.81 bits per heavy atom. The van der Waals surface area contributed by atoms with Crippen LogP contribution in [-0.2, 0) is 5.41 Å². The van der Waals surface area contributed by atoms with Gasteiger partial charge in [-0.3, -0.25) is 4.99 Å². The van der Waals surface area contributed by atoms with Gasteiger partial charge in [-0.05, 0) is 129 Å². The molecule has 2 aliphatic carbocycles. The maximum atomic E-state index is 5.52. The van der Waals surface area contributed by atoms with Crippen LogP contribution < -0.4 is 5.32 Å². The topological polar surface area (TPSA) is 24.4 Å². The molecular weight excluding hydrogens is 749 g/mol. The first-order valence-electron chi connectivity index (χ1n) is 22.5. The Morgan fingerprint density at radius 2 is 1.16 bits per heavy atom. The van der Waals surface area contributed by atoms with Gasteiger partial charge in [-0.15, -0.1) is 0 Å². The number of allylic oxidation sites excluding steroid dienone is 1. The zero-order valence-electron chi connectivity index (χ0n) is 36.1. The largest absolute Gasteiger partial charge is 0.363 e. The highest BCUT2D eigenvalue weighted by atomic mass is 15.0. The number of hydrogen-bond acceptors (Lipinski definition) is 1. The summed E-state index contributed by atoms with van der Waals surface area (Å²) in [7, 11) is 0. The lowest BCUT2D eigenvalue weighted by atomic mass is 9.61. The van der Waals surface area contributed by atoms with Crippen molar-refractivity contribution in [1.29, 1.82) is 0 Å². The summed E-state index contributed by atoms with van der Waals surface area (Å²) < 4.78 is 0. The summed E-state index contributed by atoms with van der Waals surface area (Å²) in [5, 5.41) is 6.51. The van der Waals surface area contributed by atoms with Gasteiger partial charge in [-0.25, -0.2) is 0 Å². The lowest BCUT2D eigenvalue weighted by Gasteiger charge is -2.42. The summed E-state index contributed by atoms with van der Waals surface area (Å²) >= 11 is 0. The first kappa shape index (κ1) is 39.4. The molecule has 4 atom stereocenters. The van der Waals surface area contributed by atoms with Crippen molar-refractivity contribution >= 4 is 16.6 Å². The second-order valence-electron chi connectivity index (χ2n) is 17.5. The minimum Gasteiger partial charge on any atom is -0.363 e. The van der Waals surface area contributed by atoms with Gasteiger partial charge in [0.05, 0.1) is 12.1 Å². The molecule has 2 nitrogen and oxygen atoms in total. The molecule has 0 saturated heterocycles. The minimum atomic E-state index is -0.216. The SMILES string of the molecule is C=C1CC(CC)CCC12c1ccccc1-c1cccc(-c3cc4ccccc4cc3C(C)N/C(=N\C(C)c3ccc(-c4ccccc4)cc3)c3ccc(-c4ccccc4)cc3)c12. The van der Waals surface area contributed by atoms with E-state index in [1.165, 1.54) is 95.9 Å². The standard InChI is InChI=1S/C60H54N2/c1-5-43-35-36-60(40(2)37-43)57-26-15-14-23-52(57)53-24-16-25-54(58(53)60)56-39-51-22-13-12-21-50(51)38-55(56)42(4)62-59(49-33-31-48(32-34-49)46-19-10-7-11-20-46)61-41(3)44-27-29-47(30-28-44)45-17-8-6-9-18-45/h6-34,38-39,41-43H,2,5,35-37H2,1,3-4H3,(H,61,62). The van der Waals surface area contributed by atoms with Gasteiger partial charge in [0.1, 0.15) is 5.84 Å². The van der Waals surface area contributed by atoms with Crippen molar-refractivity contribution in [1.82, 2.24) is 5.32 Å². The van der Waals surface area contributed by atoms with Crippen LogP contribution in [0, 0.1) is 5.92 Å². The fourth-order valence-electron chi connectivity index (χ4n) is 10.5. The van der Waals surface area contributed by atoms with E-state index in [1.807, 2.05) is 0 Å². The predicted molar refractivity (Wildman–Crippen MR) is 263 cm³/mol. The summed E-state index contributed by atoms with van der Waals surface area (Å²) in [6.07, 6.45) is 4.55. The Bertz CT molecular complexity index is 2920. The Labute approximate surface area is 367 Å². The number of aliphatic imine (C=N–C) groups is 1. The average Bonchev–Trinajstić information content (AvgIpc) is 3.62. The highest BCUT2D eigenvalue weighted by Crippen LogP contribution is 2.61. The molecule has 8 aromatic rings. The van der Waals surface area contributed by atoms with Crippen LogP contribution in [0.4, 0.5) is 0 Å². The number of fused-ring (bicyclic) bond motifs is 6. The van der Waals surface area contributed by atoms with Gasteiger partial charge in [0.15, 0.2) is 0 Å². The van der Waals surface area contributed by atoms with Crippen molar-refractivity contribution in [2.75, 3.05) is 0 Å². The van der Waals surface area contributed by atoms with Crippen molar-refractivity contribution in [3.63, 3.8) is 0 Å². The summed E-state index contributed by atoms with van der Waals surface area (Å²) in [6.45, 7) is 11.8. The van der Waals surface area contributed by atoms with E-state index in [0.29, 0.717) is 5.92 Å². The van der Waals surface area contributed by atoms with Crippen LogP contribution in [0.1, 0.15) is 86.4 Å². The van der Waals surface area contributed by atoms with E-state index < -0.39 is 0 Å². The van der Waals surface area contributed by atoms with Crippen molar-refractivity contribution < 1.29 is 0 Å². The first-order chi connectivity index (χ1) is 30.4. The molecule has 304 valence electrons. The quantitative estimate of drug-likeness (QED) is 0.0877. The summed E-state index contributed by atoms with van der Waals surface area (Å²) in [4.78, 5) is 5.52. The third kappa shape index (κ3) is 7.08. The normalized spacial score (nSPS) is 18.0. The fraction of sp³-hybridized carbons (Fsp3) is 0.183. The van der Waals surface area contributed by atoms with Gasteiger partial charge >= 0.3 is 0 Å². The highest BCUT2D eigenvalue weighted by Gasteiger charge is 2.49. The van der Waals surface area contributed by atoms with E-state index in [4.69, 9.17) is 11.6 Å². The van der Waals surface area contributed by atoms with Crippen LogP contribution in [-0.4, -0.2) is 5.84 Å². The summed E-state index contributed by atoms with van der Waals surface area (Å²) in [6, 6.07) is 68.6. The van der Waals surface area contributed by atoms with Crippen molar-refractivity contribution in [3.05, 3.63) is 228 Å². The van der Waals surface area contributed by atoms with E-state index in [1.54, 1.807) is 0 Å².